The topological polar surface area (TPSA) is 85.6 Å². The van der Waals surface area contributed by atoms with E-state index in [4.69, 9.17) is 9.15 Å². The number of carbonyl (C=O) groups is 3. The zero-order valence-corrected chi connectivity index (χ0v) is 19.1. The van der Waals surface area contributed by atoms with Crippen molar-refractivity contribution in [2.45, 2.75) is 6.92 Å². The van der Waals surface area contributed by atoms with Crippen molar-refractivity contribution in [3.8, 4) is 11.3 Å². The quantitative estimate of drug-likeness (QED) is 0.188. The van der Waals surface area contributed by atoms with Crippen LogP contribution in [0.2, 0.25) is 0 Å². The van der Waals surface area contributed by atoms with Crippen molar-refractivity contribution in [1.82, 2.24) is 0 Å². The number of esters is 1. The zero-order valence-electron chi connectivity index (χ0n) is 19.1. The zero-order chi connectivity index (χ0) is 24.6. The number of hydrogen-bond donors (Lipinski definition) is 1. The molecule has 6 nitrogen and oxygen atoms in total. The van der Waals surface area contributed by atoms with Gasteiger partial charge in [0.25, 0.3) is 5.91 Å². The summed E-state index contributed by atoms with van der Waals surface area (Å²) in [5.41, 5.74) is 2.92. The van der Waals surface area contributed by atoms with E-state index in [0.717, 1.165) is 5.56 Å². The average molecular weight is 466 g/mol. The second-order valence-electron chi connectivity index (χ2n) is 7.59. The summed E-state index contributed by atoms with van der Waals surface area (Å²) in [6.07, 6.45) is 3.04. The van der Waals surface area contributed by atoms with Crippen LogP contribution in [0.4, 0.5) is 5.69 Å². The number of nitrogens with one attached hydrogen (secondary N) is 1. The van der Waals surface area contributed by atoms with Crippen LogP contribution in [0.1, 0.15) is 43.8 Å². The van der Waals surface area contributed by atoms with Gasteiger partial charge >= 0.3 is 5.97 Å². The number of furan rings is 1. The summed E-state index contributed by atoms with van der Waals surface area (Å²) in [5.74, 6) is 0.365. The number of benzene rings is 3. The molecule has 0 aliphatic heterocycles. The Balaban J connectivity index is 1.37. The maximum atomic E-state index is 12.5. The molecule has 1 N–H and O–H groups in total. The van der Waals surface area contributed by atoms with Crippen molar-refractivity contribution in [3.05, 3.63) is 120 Å². The van der Waals surface area contributed by atoms with E-state index in [-0.39, 0.29) is 17.7 Å². The van der Waals surface area contributed by atoms with Crippen LogP contribution in [0, 0.1) is 0 Å². The van der Waals surface area contributed by atoms with Gasteiger partial charge in [-0.1, -0.05) is 30.3 Å². The van der Waals surface area contributed by atoms with Crippen LogP contribution in [0.15, 0.2) is 101 Å². The van der Waals surface area contributed by atoms with Gasteiger partial charge in [0.05, 0.1) is 12.2 Å². The number of allylic oxidation sites excluding steroid dienone is 1. The molecule has 4 rings (SSSR count). The molecule has 0 saturated carbocycles. The molecule has 6 heteroatoms. The fourth-order valence-electron chi connectivity index (χ4n) is 3.35. The lowest BCUT2D eigenvalue weighted by Gasteiger charge is -2.05. The lowest BCUT2D eigenvalue weighted by atomic mass is 10.1. The highest BCUT2D eigenvalue weighted by Crippen LogP contribution is 2.24. The van der Waals surface area contributed by atoms with Gasteiger partial charge in [0, 0.05) is 22.4 Å². The van der Waals surface area contributed by atoms with E-state index in [1.807, 2.05) is 6.07 Å². The molecule has 0 aliphatic rings. The van der Waals surface area contributed by atoms with E-state index in [0.29, 0.717) is 40.5 Å². The summed E-state index contributed by atoms with van der Waals surface area (Å²) in [7, 11) is 0. The molecule has 0 fully saturated rings. The summed E-state index contributed by atoms with van der Waals surface area (Å²) in [4.78, 5) is 36.6. The van der Waals surface area contributed by atoms with Crippen LogP contribution in [0.3, 0.4) is 0 Å². The molecule has 1 amide bonds. The lowest BCUT2D eigenvalue weighted by Crippen LogP contribution is -2.11. The Kier molecular flexibility index (Phi) is 7.33. The molecular formula is C29H23NO5. The van der Waals surface area contributed by atoms with Gasteiger partial charge < -0.3 is 14.5 Å². The van der Waals surface area contributed by atoms with Gasteiger partial charge in [0.15, 0.2) is 5.78 Å². The van der Waals surface area contributed by atoms with E-state index >= 15 is 0 Å². The number of ether oxygens (including phenoxy) is 1. The Hall–Kier alpha value is -4.71. The number of amides is 1. The van der Waals surface area contributed by atoms with Crippen molar-refractivity contribution in [2.24, 2.45) is 0 Å². The smallest absolute Gasteiger partial charge is 0.338 e. The first-order valence-corrected chi connectivity index (χ1v) is 11.1. The fourth-order valence-corrected chi connectivity index (χ4v) is 3.35. The summed E-state index contributed by atoms with van der Waals surface area (Å²) in [5, 5.41) is 2.81. The van der Waals surface area contributed by atoms with E-state index in [1.54, 1.807) is 97.9 Å². The van der Waals surface area contributed by atoms with Crippen LogP contribution < -0.4 is 5.32 Å². The molecule has 1 heterocycles. The molecule has 174 valence electrons. The van der Waals surface area contributed by atoms with E-state index in [9.17, 15) is 14.4 Å². The molecule has 35 heavy (non-hydrogen) atoms. The van der Waals surface area contributed by atoms with Crippen molar-refractivity contribution >= 4 is 29.4 Å². The SMILES string of the molecule is CCOC(=O)c1ccc(-c2ccc(C=CC(=O)c3ccc(NC(=O)c4ccccc4)cc3)o2)cc1. The van der Waals surface area contributed by atoms with Gasteiger partial charge in [0.2, 0.25) is 0 Å². The van der Waals surface area contributed by atoms with Gasteiger partial charge in [0.1, 0.15) is 11.5 Å². The van der Waals surface area contributed by atoms with Crippen molar-refractivity contribution in [3.63, 3.8) is 0 Å². The van der Waals surface area contributed by atoms with Crippen LogP contribution in [-0.4, -0.2) is 24.3 Å². The molecule has 0 spiro atoms. The Morgan fingerprint density at radius 2 is 1.49 bits per heavy atom. The third-order valence-corrected chi connectivity index (χ3v) is 5.17. The Morgan fingerprint density at radius 1 is 0.800 bits per heavy atom. The lowest BCUT2D eigenvalue weighted by molar-refractivity contribution is 0.0526. The largest absolute Gasteiger partial charge is 0.462 e. The highest BCUT2D eigenvalue weighted by atomic mass is 16.5. The van der Waals surface area contributed by atoms with Crippen molar-refractivity contribution < 1.29 is 23.5 Å². The Bertz CT molecular complexity index is 1350. The van der Waals surface area contributed by atoms with Crippen LogP contribution in [0.25, 0.3) is 17.4 Å². The average Bonchev–Trinajstić information content (AvgIpc) is 3.37. The molecule has 0 bridgehead atoms. The highest BCUT2D eigenvalue weighted by molar-refractivity contribution is 6.07. The molecule has 0 saturated heterocycles. The van der Waals surface area contributed by atoms with Crippen LogP contribution in [-0.2, 0) is 4.74 Å². The minimum Gasteiger partial charge on any atom is -0.462 e. The number of hydrogen-bond acceptors (Lipinski definition) is 5. The number of carbonyl (C=O) groups excluding carboxylic acids is 3. The Labute approximate surface area is 202 Å². The third kappa shape index (κ3) is 6.00. The van der Waals surface area contributed by atoms with Gasteiger partial charge in [-0.2, -0.15) is 0 Å². The number of anilines is 1. The molecule has 0 unspecified atom stereocenters. The monoisotopic (exact) mass is 465 g/mol. The predicted octanol–water partition coefficient (Wildman–Crippen LogP) is 6.27. The summed E-state index contributed by atoms with van der Waals surface area (Å²) >= 11 is 0. The molecule has 4 aromatic rings. The molecule has 1 aromatic heterocycles. The normalized spacial score (nSPS) is 10.8. The van der Waals surface area contributed by atoms with Crippen molar-refractivity contribution in [2.75, 3.05) is 11.9 Å². The van der Waals surface area contributed by atoms with Crippen molar-refractivity contribution in [1.29, 1.82) is 0 Å². The third-order valence-electron chi connectivity index (χ3n) is 5.17. The first-order chi connectivity index (χ1) is 17.0. The fraction of sp³-hybridized carbons (Fsp3) is 0.0690. The van der Waals surface area contributed by atoms with E-state index in [1.165, 1.54) is 6.08 Å². The second kappa shape index (κ2) is 10.9. The first kappa shape index (κ1) is 23.4. The molecular weight excluding hydrogens is 442 g/mol. The molecule has 0 aliphatic carbocycles. The molecule has 3 aromatic carbocycles. The summed E-state index contributed by atoms with van der Waals surface area (Å²) in [6.45, 7) is 2.08. The van der Waals surface area contributed by atoms with Gasteiger partial charge in [-0.05, 0) is 79.7 Å². The number of ketones is 1. The first-order valence-electron chi connectivity index (χ1n) is 11.1. The Morgan fingerprint density at radius 3 is 2.17 bits per heavy atom. The highest BCUT2D eigenvalue weighted by Gasteiger charge is 2.09. The summed E-state index contributed by atoms with van der Waals surface area (Å²) < 4.78 is 10.8. The maximum Gasteiger partial charge on any atom is 0.338 e. The van der Waals surface area contributed by atoms with Crippen LogP contribution >= 0.6 is 0 Å². The molecule has 0 radical (unpaired) electrons. The van der Waals surface area contributed by atoms with E-state index in [2.05, 4.69) is 5.32 Å². The van der Waals surface area contributed by atoms with Gasteiger partial charge in [-0.3, -0.25) is 9.59 Å². The maximum absolute atomic E-state index is 12.5. The van der Waals surface area contributed by atoms with Gasteiger partial charge in [-0.15, -0.1) is 0 Å². The number of rotatable bonds is 8. The summed E-state index contributed by atoms with van der Waals surface area (Å²) in [6, 6.07) is 26.1. The standard InChI is InChI=1S/C29H23NO5/c1-2-34-29(33)23-10-8-21(9-11-23)27-19-17-25(35-27)16-18-26(31)20-12-14-24(15-13-20)30-28(32)22-6-4-3-5-7-22/h3-19H,2H2,1H3,(H,30,32). The molecule has 0 atom stereocenters. The predicted molar refractivity (Wildman–Crippen MR) is 134 cm³/mol. The van der Waals surface area contributed by atoms with Crippen LogP contribution in [0.5, 0.6) is 0 Å². The minimum absolute atomic E-state index is 0.192. The minimum atomic E-state index is -0.368. The van der Waals surface area contributed by atoms with E-state index < -0.39 is 0 Å². The van der Waals surface area contributed by atoms with Gasteiger partial charge in [-0.25, -0.2) is 4.79 Å². The second-order valence-corrected chi connectivity index (χ2v) is 7.59.